The average Bonchev–Trinajstić information content (AvgIpc) is 2.98. The zero-order valence-electron chi connectivity index (χ0n) is 15.5. The molecule has 1 aliphatic heterocycles. The van der Waals surface area contributed by atoms with Crippen LogP contribution in [-0.2, 0) is 17.8 Å². The van der Waals surface area contributed by atoms with E-state index in [0.29, 0.717) is 24.7 Å². The molecule has 6 heteroatoms. The van der Waals surface area contributed by atoms with Gasteiger partial charge in [-0.15, -0.1) is 0 Å². The first kappa shape index (κ1) is 20.3. The number of nitrogens with one attached hydrogen (secondary N) is 1. The van der Waals surface area contributed by atoms with Crippen LogP contribution in [0.2, 0.25) is 5.02 Å². The highest BCUT2D eigenvalue weighted by Crippen LogP contribution is 2.26. The van der Waals surface area contributed by atoms with E-state index in [2.05, 4.69) is 22.3 Å². The second-order valence-electron chi connectivity index (χ2n) is 7.04. The summed E-state index contributed by atoms with van der Waals surface area (Å²) >= 11 is 6.03. The van der Waals surface area contributed by atoms with E-state index in [0.717, 1.165) is 5.56 Å². The molecule has 3 N–H and O–H groups in total. The Balaban J connectivity index is 1.62. The van der Waals surface area contributed by atoms with E-state index in [4.69, 9.17) is 16.3 Å². The van der Waals surface area contributed by atoms with Crippen LogP contribution < -0.4 is 5.32 Å². The Labute approximate surface area is 165 Å². The SMILES string of the molecule is CN(Cc1ccccc1)C1C(CNCc2cccc(Cl)c2)OC(CO)C1O. The molecule has 4 unspecified atom stereocenters. The van der Waals surface area contributed by atoms with E-state index in [9.17, 15) is 10.2 Å². The lowest BCUT2D eigenvalue weighted by Crippen LogP contribution is -2.48. The van der Waals surface area contributed by atoms with E-state index >= 15 is 0 Å². The first-order valence-corrected chi connectivity index (χ1v) is 9.60. The van der Waals surface area contributed by atoms with Gasteiger partial charge in [-0.05, 0) is 30.3 Å². The van der Waals surface area contributed by atoms with Crippen LogP contribution in [0.4, 0.5) is 0 Å². The summed E-state index contributed by atoms with van der Waals surface area (Å²) in [4.78, 5) is 2.10. The van der Waals surface area contributed by atoms with Gasteiger partial charge in [0.15, 0.2) is 0 Å². The summed E-state index contributed by atoms with van der Waals surface area (Å²) in [5.41, 5.74) is 2.26. The molecule has 2 aromatic carbocycles. The third kappa shape index (κ3) is 5.29. The van der Waals surface area contributed by atoms with Crippen molar-refractivity contribution in [3.05, 3.63) is 70.7 Å². The highest BCUT2D eigenvalue weighted by atomic mass is 35.5. The van der Waals surface area contributed by atoms with Crippen LogP contribution >= 0.6 is 11.6 Å². The van der Waals surface area contributed by atoms with Gasteiger partial charge in [-0.1, -0.05) is 54.1 Å². The second kappa shape index (κ2) is 9.64. The van der Waals surface area contributed by atoms with Gasteiger partial charge >= 0.3 is 0 Å². The lowest BCUT2D eigenvalue weighted by molar-refractivity contribution is -0.0213. The van der Waals surface area contributed by atoms with Crippen molar-refractivity contribution in [2.75, 3.05) is 20.2 Å². The summed E-state index contributed by atoms with van der Waals surface area (Å²) in [6.07, 6.45) is -1.52. The number of hydrogen-bond donors (Lipinski definition) is 3. The monoisotopic (exact) mass is 390 g/mol. The summed E-state index contributed by atoms with van der Waals surface area (Å²) < 4.78 is 5.93. The fraction of sp³-hybridized carbons (Fsp3) is 0.429. The van der Waals surface area contributed by atoms with Gasteiger partial charge in [-0.25, -0.2) is 0 Å². The van der Waals surface area contributed by atoms with Crippen molar-refractivity contribution >= 4 is 11.6 Å². The minimum atomic E-state index is -0.735. The quantitative estimate of drug-likeness (QED) is 0.644. The van der Waals surface area contributed by atoms with Crippen LogP contribution in [0.5, 0.6) is 0 Å². The smallest absolute Gasteiger partial charge is 0.109 e. The Morgan fingerprint density at radius 2 is 1.81 bits per heavy atom. The number of ether oxygens (including phenoxy) is 1. The number of halogens is 1. The summed E-state index contributed by atoms with van der Waals surface area (Å²) in [6, 6.07) is 17.6. The van der Waals surface area contributed by atoms with Gasteiger partial charge in [0.05, 0.1) is 18.8 Å². The maximum atomic E-state index is 10.6. The zero-order valence-corrected chi connectivity index (χ0v) is 16.2. The molecule has 0 aliphatic carbocycles. The van der Waals surface area contributed by atoms with Crippen molar-refractivity contribution in [2.24, 2.45) is 0 Å². The van der Waals surface area contributed by atoms with E-state index in [-0.39, 0.29) is 18.8 Å². The van der Waals surface area contributed by atoms with Crippen LogP contribution in [0.3, 0.4) is 0 Å². The molecule has 27 heavy (non-hydrogen) atoms. The molecule has 2 aromatic rings. The van der Waals surface area contributed by atoms with Crippen molar-refractivity contribution < 1.29 is 14.9 Å². The topological polar surface area (TPSA) is 65.0 Å². The van der Waals surface area contributed by atoms with Gasteiger partial charge in [0.1, 0.15) is 12.2 Å². The second-order valence-corrected chi connectivity index (χ2v) is 7.47. The molecule has 0 spiro atoms. The molecule has 0 bridgehead atoms. The zero-order chi connectivity index (χ0) is 19.2. The van der Waals surface area contributed by atoms with Gasteiger partial charge in [0.25, 0.3) is 0 Å². The van der Waals surface area contributed by atoms with Crippen molar-refractivity contribution in [1.82, 2.24) is 10.2 Å². The van der Waals surface area contributed by atoms with Crippen molar-refractivity contribution in [3.8, 4) is 0 Å². The molecule has 1 aliphatic rings. The van der Waals surface area contributed by atoms with E-state index < -0.39 is 12.2 Å². The molecule has 0 saturated carbocycles. The molecule has 5 nitrogen and oxygen atoms in total. The fourth-order valence-electron chi connectivity index (χ4n) is 3.67. The van der Waals surface area contributed by atoms with E-state index in [1.54, 1.807) is 0 Å². The maximum absolute atomic E-state index is 10.6. The molecule has 146 valence electrons. The predicted molar refractivity (Wildman–Crippen MR) is 107 cm³/mol. The number of rotatable bonds is 8. The minimum Gasteiger partial charge on any atom is -0.394 e. The highest BCUT2D eigenvalue weighted by Gasteiger charge is 2.44. The van der Waals surface area contributed by atoms with Gasteiger partial charge in [-0.3, -0.25) is 4.90 Å². The molecule has 1 saturated heterocycles. The number of likely N-dealkylation sites (N-methyl/N-ethyl adjacent to an activating group) is 1. The molecule has 1 heterocycles. The molecule has 1 fully saturated rings. The molecule has 0 radical (unpaired) electrons. The lowest BCUT2D eigenvalue weighted by atomic mass is 10.0. The van der Waals surface area contributed by atoms with Crippen LogP contribution in [0, 0.1) is 0 Å². The van der Waals surface area contributed by atoms with Crippen LogP contribution in [-0.4, -0.2) is 59.7 Å². The normalized spacial score (nSPS) is 25.2. The maximum Gasteiger partial charge on any atom is 0.109 e. The molecular weight excluding hydrogens is 364 g/mol. The standard InChI is InChI=1S/C21H27ClN2O3/c1-24(13-15-6-3-2-4-7-15)20-18(27-19(14-25)21(20)26)12-23-11-16-8-5-9-17(22)10-16/h2-10,18-21,23,25-26H,11-14H2,1H3. The summed E-state index contributed by atoms with van der Waals surface area (Å²) in [5, 5.41) is 24.3. The predicted octanol–water partition coefficient (Wildman–Crippen LogP) is 2.05. The van der Waals surface area contributed by atoms with Crippen molar-refractivity contribution in [3.63, 3.8) is 0 Å². The number of aliphatic hydroxyl groups excluding tert-OH is 2. The third-order valence-corrected chi connectivity index (χ3v) is 5.22. The van der Waals surface area contributed by atoms with Crippen LogP contribution in [0.25, 0.3) is 0 Å². The first-order valence-electron chi connectivity index (χ1n) is 9.22. The van der Waals surface area contributed by atoms with Crippen LogP contribution in [0.15, 0.2) is 54.6 Å². The van der Waals surface area contributed by atoms with Gasteiger partial charge in [-0.2, -0.15) is 0 Å². The van der Waals surface area contributed by atoms with Gasteiger partial charge in [0, 0.05) is 24.7 Å². The Morgan fingerprint density at radius 1 is 1.07 bits per heavy atom. The summed E-state index contributed by atoms with van der Waals surface area (Å²) in [7, 11) is 1.98. The third-order valence-electron chi connectivity index (χ3n) is 4.99. The number of nitrogens with zero attached hydrogens (tertiary/aromatic N) is 1. The van der Waals surface area contributed by atoms with Crippen LogP contribution in [0.1, 0.15) is 11.1 Å². The number of aliphatic hydroxyl groups is 2. The molecule has 0 aromatic heterocycles. The number of benzene rings is 2. The summed E-state index contributed by atoms with van der Waals surface area (Å²) in [6.45, 7) is 1.75. The lowest BCUT2D eigenvalue weighted by Gasteiger charge is -2.30. The molecule has 4 atom stereocenters. The largest absolute Gasteiger partial charge is 0.394 e. The summed E-state index contributed by atoms with van der Waals surface area (Å²) in [5.74, 6) is 0. The Hall–Kier alpha value is -1.47. The Kier molecular flexibility index (Phi) is 7.24. The van der Waals surface area contributed by atoms with E-state index in [1.807, 2.05) is 49.5 Å². The van der Waals surface area contributed by atoms with Gasteiger partial charge in [0.2, 0.25) is 0 Å². The van der Waals surface area contributed by atoms with E-state index in [1.165, 1.54) is 5.56 Å². The fourth-order valence-corrected chi connectivity index (χ4v) is 3.89. The highest BCUT2D eigenvalue weighted by molar-refractivity contribution is 6.30. The molecule has 3 rings (SSSR count). The molecular formula is C21H27ClN2O3. The average molecular weight is 391 g/mol. The molecule has 0 amide bonds. The Morgan fingerprint density at radius 3 is 2.52 bits per heavy atom. The number of hydrogen-bond acceptors (Lipinski definition) is 5. The van der Waals surface area contributed by atoms with Gasteiger partial charge < -0.3 is 20.3 Å². The first-order chi connectivity index (χ1) is 13.1. The minimum absolute atomic E-state index is 0.193. The van der Waals surface area contributed by atoms with Crippen molar-refractivity contribution in [2.45, 2.75) is 37.4 Å². The Bertz CT molecular complexity index is 716. The van der Waals surface area contributed by atoms with Crippen molar-refractivity contribution in [1.29, 1.82) is 0 Å².